The highest BCUT2D eigenvalue weighted by atomic mass is 19.2. The van der Waals surface area contributed by atoms with Crippen molar-refractivity contribution in [3.8, 4) is 0 Å². The van der Waals surface area contributed by atoms with Gasteiger partial charge < -0.3 is 11.1 Å². The van der Waals surface area contributed by atoms with Crippen molar-refractivity contribution < 1.29 is 13.6 Å². The summed E-state index contributed by atoms with van der Waals surface area (Å²) >= 11 is 0. The third-order valence-electron chi connectivity index (χ3n) is 2.40. The Hall–Kier alpha value is -2.44. The minimum atomic E-state index is -1.13. The molecule has 2 rings (SSSR count). The van der Waals surface area contributed by atoms with E-state index in [1.54, 1.807) is 13.1 Å². The van der Waals surface area contributed by atoms with Crippen molar-refractivity contribution in [3.05, 3.63) is 41.6 Å². The molecule has 0 bridgehead atoms. The van der Waals surface area contributed by atoms with Crippen molar-refractivity contribution >= 4 is 17.4 Å². The number of aryl methyl sites for hydroxylation is 1. The number of aromatic nitrogens is 2. The molecule has 0 saturated heterocycles. The molecule has 0 spiro atoms. The average Bonchev–Trinajstić information content (AvgIpc) is 2.69. The number of nitrogens with one attached hydrogen (secondary N) is 1. The molecule has 2 aromatic rings. The maximum absolute atomic E-state index is 13.0. The van der Waals surface area contributed by atoms with Crippen LogP contribution in [-0.4, -0.2) is 15.7 Å². The first-order valence-corrected chi connectivity index (χ1v) is 5.03. The summed E-state index contributed by atoms with van der Waals surface area (Å²) in [5.74, 6) is -2.43. The van der Waals surface area contributed by atoms with E-state index in [-0.39, 0.29) is 11.3 Å². The lowest BCUT2D eigenvalue weighted by atomic mass is 10.1. The highest BCUT2D eigenvalue weighted by Crippen LogP contribution is 2.18. The summed E-state index contributed by atoms with van der Waals surface area (Å²) in [6, 6.07) is 3.10. The van der Waals surface area contributed by atoms with E-state index in [0.29, 0.717) is 5.82 Å². The van der Waals surface area contributed by atoms with E-state index in [1.165, 1.54) is 10.9 Å². The summed E-state index contributed by atoms with van der Waals surface area (Å²) in [4.78, 5) is 11.8. The fourth-order valence-electron chi connectivity index (χ4n) is 1.44. The minimum absolute atomic E-state index is 0.130. The Morgan fingerprint density at radius 1 is 1.39 bits per heavy atom. The third-order valence-corrected chi connectivity index (χ3v) is 2.40. The van der Waals surface area contributed by atoms with Gasteiger partial charge in [0.05, 0.1) is 11.8 Å². The number of carbonyl (C=O) groups excluding carboxylic acids is 1. The lowest BCUT2D eigenvalue weighted by molar-refractivity contribution is 0.102. The quantitative estimate of drug-likeness (QED) is 0.796. The van der Waals surface area contributed by atoms with Crippen LogP contribution in [0.15, 0.2) is 24.4 Å². The standard InChI is InChI=1S/C11H10F2N4O/c1-17-10(2-3-15-17)16-11(18)6-4-7(12)8(13)5-9(6)14/h2-5H,14H2,1H3,(H,16,18). The van der Waals surface area contributed by atoms with Crippen molar-refractivity contribution in [2.45, 2.75) is 0 Å². The van der Waals surface area contributed by atoms with E-state index in [2.05, 4.69) is 10.4 Å². The summed E-state index contributed by atoms with van der Waals surface area (Å²) in [7, 11) is 1.63. The second kappa shape index (κ2) is 4.44. The van der Waals surface area contributed by atoms with Crippen molar-refractivity contribution in [1.82, 2.24) is 9.78 Å². The fourth-order valence-corrected chi connectivity index (χ4v) is 1.44. The Kier molecular flexibility index (Phi) is 2.97. The van der Waals surface area contributed by atoms with E-state index in [0.717, 1.165) is 12.1 Å². The van der Waals surface area contributed by atoms with Crippen molar-refractivity contribution in [3.63, 3.8) is 0 Å². The van der Waals surface area contributed by atoms with Crippen LogP contribution in [0.5, 0.6) is 0 Å². The molecule has 1 heterocycles. The Bertz CT molecular complexity index is 609. The average molecular weight is 252 g/mol. The predicted octanol–water partition coefficient (Wildman–Crippen LogP) is 1.53. The number of halogens is 2. The van der Waals surface area contributed by atoms with Crippen molar-refractivity contribution in [2.24, 2.45) is 7.05 Å². The number of nitrogens with zero attached hydrogens (tertiary/aromatic N) is 2. The second-order valence-electron chi connectivity index (χ2n) is 3.65. The van der Waals surface area contributed by atoms with Gasteiger partial charge in [-0.2, -0.15) is 5.10 Å². The van der Waals surface area contributed by atoms with Crippen LogP contribution >= 0.6 is 0 Å². The van der Waals surface area contributed by atoms with Gasteiger partial charge in [-0.05, 0) is 6.07 Å². The lowest BCUT2D eigenvalue weighted by Gasteiger charge is -2.08. The highest BCUT2D eigenvalue weighted by molar-refractivity contribution is 6.07. The van der Waals surface area contributed by atoms with Crippen LogP contribution in [-0.2, 0) is 7.05 Å². The molecule has 94 valence electrons. The lowest BCUT2D eigenvalue weighted by Crippen LogP contribution is -2.16. The number of rotatable bonds is 2. The predicted molar refractivity (Wildman–Crippen MR) is 61.9 cm³/mol. The molecule has 1 aromatic carbocycles. The molecule has 0 unspecified atom stereocenters. The molecule has 1 amide bonds. The number of amides is 1. The smallest absolute Gasteiger partial charge is 0.259 e. The van der Waals surface area contributed by atoms with Crippen LogP contribution < -0.4 is 11.1 Å². The zero-order valence-corrected chi connectivity index (χ0v) is 9.45. The van der Waals surface area contributed by atoms with Gasteiger partial charge in [0, 0.05) is 24.9 Å². The van der Waals surface area contributed by atoms with Crippen molar-refractivity contribution in [2.75, 3.05) is 11.1 Å². The number of anilines is 2. The number of hydrogen-bond acceptors (Lipinski definition) is 3. The molecule has 18 heavy (non-hydrogen) atoms. The highest BCUT2D eigenvalue weighted by Gasteiger charge is 2.15. The number of nitrogen functional groups attached to an aromatic ring is 1. The Morgan fingerprint density at radius 3 is 2.67 bits per heavy atom. The van der Waals surface area contributed by atoms with Crippen LogP contribution in [0.2, 0.25) is 0 Å². The summed E-state index contributed by atoms with van der Waals surface area (Å²) in [5, 5.41) is 6.34. The number of nitrogens with two attached hydrogens (primary N) is 1. The van der Waals surface area contributed by atoms with Gasteiger partial charge >= 0.3 is 0 Å². The summed E-state index contributed by atoms with van der Waals surface area (Å²) in [6.07, 6.45) is 1.49. The number of carbonyl (C=O) groups is 1. The maximum atomic E-state index is 13.0. The van der Waals surface area contributed by atoms with Gasteiger partial charge in [-0.3, -0.25) is 9.48 Å². The Morgan fingerprint density at radius 2 is 2.06 bits per heavy atom. The van der Waals surface area contributed by atoms with E-state index in [1.807, 2.05) is 0 Å². The number of hydrogen-bond donors (Lipinski definition) is 2. The summed E-state index contributed by atoms with van der Waals surface area (Å²) in [5.41, 5.74) is 5.21. The van der Waals surface area contributed by atoms with E-state index >= 15 is 0 Å². The molecular weight excluding hydrogens is 242 g/mol. The first-order chi connectivity index (χ1) is 8.49. The third kappa shape index (κ3) is 2.15. The van der Waals surface area contributed by atoms with E-state index < -0.39 is 17.5 Å². The summed E-state index contributed by atoms with van der Waals surface area (Å²) in [6.45, 7) is 0. The molecule has 0 saturated carbocycles. The van der Waals surface area contributed by atoms with Crippen molar-refractivity contribution in [1.29, 1.82) is 0 Å². The summed E-state index contributed by atoms with van der Waals surface area (Å²) < 4.78 is 27.3. The number of benzene rings is 1. The first kappa shape index (κ1) is 12.0. The topological polar surface area (TPSA) is 72.9 Å². The fraction of sp³-hybridized carbons (Fsp3) is 0.0909. The molecule has 0 radical (unpaired) electrons. The molecule has 5 nitrogen and oxygen atoms in total. The van der Waals surface area contributed by atoms with Gasteiger partial charge in [-0.15, -0.1) is 0 Å². The second-order valence-corrected chi connectivity index (χ2v) is 3.65. The largest absolute Gasteiger partial charge is 0.398 e. The maximum Gasteiger partial charge on any atom is 0.259 e. The molecule has 0 aliphatic rings. The Balaban J connectivity index is 2.30. The Labute approximate surface area is 101 Å². The van der Waals surface area contributed by atoms with Gasteiger partial charge in [-0.25, -0.2) is 8.78 Å². The first-order valence-electron chi connectivity index (χ1n) is 5.03. The van der Waals surface area contributed by atoms with Gasteiger partial charge in [0.1, 0.15) is 5.82 Å². The van der Waals surface area contributed by atoms with Gasteiger partial charge in [0.25, 0.3) is 5.91 Å². The minimum Gasteiger partial charge on any atom is -0.398 e. The van der Waals surface area contributed by atoms with Gasteiger partial charge in [0.2, 0.25) is 0 Å². The molecular formula is C11H10F2N4O. The van der Waals surface area contributed by atoms with Crippen LogP contribution in [0.1, 0.15) is 10.4 Å². The molecule has 3 N–H and O–H groups in total. The molecule has 0 atom stereocenters. The zero-order chi connectivity index (χ0) is 13.3. The van der Waals surface area contributed by atoms with Crippen LogP contribution in [0, 0.1) is 11.6 Å². The van der Waals surface area contributed by atoms with Gasteiger partial charge in [0.15, 0.2) is 11.6 Å². The molecule has 0 aliphatic heterocycles. The normalized spacial score (nSPS) is 10.4. The van der Waals surface area contributed by atoms with Crippen LogP contribution in [0.25, 0.3) is 0 Å². The molecule has 0 fully saturated rings. The van der Waals surface area contributed by atoms with E-state index in [9.17, 15) is 13.6 Å². The van der Waals surface area contributed by atoms with E-state index in [4.69, 9.17) is 5.73 Å². The SMILES string of the molecule is Cn1nccc1NC(=O)c1cc(F)c(F)cc1N. The monoisotopic (exact) mass is 252 g/mol. The molecule has 7 heteroatoms. The van der Waals surface area contributed by atoms with Gasteiger partial charge in [-0.1, -0.05) is 0 Å². The molecule has 1 aromatic heterocycles. The van der Waals surface area contributed by atoms with Crippen LogP contribution in [0.4, 0.5) is 20.3 Å². The van der Waals surface area contributed by atoms with Crippen LogP contribution in [0.3, 0.4) is 0 Å². The molecule has 0 aliphatic carbocycles. The zero-order valence-electron chi connectivity index (χ0n) is 9.45.